The van der Waals surface area contributed by atoms with Crippen LogP contribution in [0.4, 0.5) is 0 Å². The van der Waals surface area contributed by atoms with E-state index in [0.29, 0.717) is 59.5 Å². The Kier molecular flexibility index (Phi) is 31.5. The fourth-order valence-corrected chi connectivity index (χ4v) is 3.62. The molecular formula is C27H56O6. The first-order chi connectivity index (χ1) is 16.4. The molecule has 0 atom stereocenters. The first-order valence-electron chi connectivity index (χ1n) is 13.9. The molecule has 0 aliphatic heterocycles. The molecule has 0 aliphatic rings. The van der Waals surface area contributed by atoms with E-state index in [-0.39, 0.29) is 6.61 Å². The molecule has 0 saturated heterocycles. The predicted molar refractivity (Wildman–Crippen MR) is 136 cm³/mol. The molecule has 0 rings (SSSR count). The number of unbranched alkanes of at least 4 members (excludes halogenated alkanes) is 14. The van der Waals surface area contributed by atoms with Crippen molar-refractivity contribution < 1.29 is 28.8 Å². The molecule has 0 aliphatic carbocycles. The number of aliphatic hydroxyl groups excluding tert-OH is 1. The largest absolute Gasteiger partial charge is 0.394 e. The molecule has 0 spiro atoms. The average molecular weight is 477 g/mol. The van der Waals surface area contributed by atoms with Crippen LogP contribution in [0.3, 0.4) is 0 Å². The van der Waals surface area contributed by atoms with E-state index in [1.54, 1.807) is 0 Å². The molecule has 6 heteroatoms. The maximum absolute atomic E-state index is 8.56. The van der Waals surface area contributed by atoms with Crippen LogP contribution in [-0.4, -0.2) is 77.8 Å². The number of aliphatic hydroxyl groups is 1. The summed E-state index contributed by atoms with van der Waals surface area (Å²) in [5.41, 5.74) is 0. The minimum atomic E-state index is 0.0493. The molecule has 0 amide bonds. The van der Waals surface area contributed by atoms with Crippen LogP contribution in [0.2, 0.25) is 0 Å². The van der Waals surface area contributed by atoms with Gasteiger partial charge in [0.15, 0.2) is 0 Å². The normalized spacial score (nSPS) is 11.5. The lowest BCUT2D eigenvalue weighted by atomic mass is 10.0. The van der Waals surface area contributed by atoms with Crippen LogP contribution < -0.4 is 0 Å². The zero-order valence-electron chi connectivity index (χ0n) is 21.9. The van der Waals surface area contributed by atoms with Gasteiger partial charge in [0.25, 0.3) is 0 Å². The third kappa shape index (κ3) is 31.8. The quantitative estimate of drug-likeness (QED) is 0.130. The Balaban J connectivity index is 2.99. The van der Waals surface area contributed by atoms with Crippen molar-refractivity contribution in [3.63, 3.8) is 0 Å². The van der Waals surface area contributed by atoms with Gasteiger partial charge in [0.2, 0.25) is 0 Å². The second-order valence-corrected chi connectivity index (χ2v) is 8.74. The molecule has 1 N–H and O–H groups in total. The van der Waals surface area contributed by atoms with Crippen LogP contribution in [0, 0.1) is 0 Å². The summed E-state index contributed by atoms with van der Waals surface area (Å²) in [4.78, 5) is 0. The minimum absolute atomic E-state index is 0.0493. The third-order valence-electron chi connectivity index (χ3n) is 5.62. The van der Waals surface area contributed by atoms with Gasteiger partial charge in [-0.1, -0.05) is 96.8 Å². The summed E-state index contributed by atoms with van der Waals surface area (Å²) in [5, 5.41) is 8.56. The van der Waals surface area contributed by atoms with Gasteiger partial charge in [-0.15, -0.1) is 0 Å². The molecule has 0 unspecified atom stereocenters. The average Bonchev–Trinajstić information content (AvgIpc) is 2.83. The van der Waals surface area contributed by atoms with Gasteiger partial charge in [0, 0.05) is 6.61 Å². The smallest absolute Gasteiger partial charge is 0.0701 e. The van der Waals surface area contributed by atoms with Crippen LogP contribution >= 0.6 is 0 Å². The van der Waals surface area contributed by atoms with E-state index in [0.717, 1.165) is 13.0 Å². The van der Waals surface area contributed by atoms with Crippen molar-refractivity contribution in [1.29, 1.82) is 0 Å². The van der Waals surface area contributed by atoms with Gasteiger partial charge in [0.1, 0.15) is 0 Å². The molecule has 33 heavy (non-hydrogen) atoms. The fraction of sp³-hybridized carbons (Fsp3) is 1.00. The van der Waals surface area contributed by atoms with Crippen molar-refractivity contribution >= 4 is 0 Å². The standard InChI is InChI=1S/C27H56O6/c1-2-3-4-5-6-7-8-9-10-11-12-13-14-15-16-18-29-20-22-31-24-26-33-27-25-32-23-21-30-19-17-28/h28H,2-27H2,1H3. The van der Waals surface area contributed by atoms with Gasteiger partial charge in [-0.05, 0) is 6.42 Å². The highest BCUT2D eigenvalue weighted by atomic mass is 16.6. The number of hydrogen-bond donors (Lipinski definition) is 1. The van der Waals surface area contributed by atoms with Crippen LogP contribution in [0.1, 0.15) is 103 Å². The Hall–Kier alpha value is -0.240. The Morgan fingerprint density at radius 1 is 0.333 bits per heavy atom. The predicted octanol–water partition coefficient (Wildman–Crippen LogP) is 5.93. The molecule has 0 aromatic carbocycles. The van der Waals surface area contributed by atoms with E-state index in [1.807, 2.05) is 0 Å². The lowest BCUT2D eigenvalue weighted by Crippen LogP contribution is -2.13. The molecule has 200 valence electrons. The second-order valence-electron chi connectivity index (χ2n) is 8.74. The Morgan fingerprint density at radius 3 is 0.939 bits per heavy atom. The summed E-state index contributed by atoms with van der Waals surface area (Å²) >= 11 is 0. The Bertz CT molecular complexity index is 300. The second kappa shape index (κ2) is 31.8. The zero-order valence-corrected chi connectivity index (χ0v) is 21.9. The molecule has 0 bridgehead atoms. The highest BCUT2D eigenvalue weighted by molar-refractivity contribution is 4.49. The Morgan fingerprint density at radius 2 is 0.606 bits per heavy atom. The minimum Gasteiger partial charge on any atom is -0.394 e. The summed E-state index contributed by atoms with van der Waals surface area (Å²) in [6, 6.07) is 0. The first kappa shape index (κ1) is 32.8. The van der Waals surface area contributed by atoms with E-state index >= 15 is 0 Å². The summed E-state index contributed by atoms with van der Waals surface area (Å²) in [6.45, 7) is 8.11. The van der Waals surface area contributed by atoms with Crippen LogP contribution in [0.15, 0.2) is 0 Å². The van der Waals surface area contributed by atoms with Crippen molar-refractivity contribution in [1.82, 2.24) is 0 Å². The van der Waals surface area contributed by atoms with Crippen LogP contribution in [-0.2, 0) is 23.7 Å². The molecule has 0 aromatic rings. The van der Waals surface area contributed by atoms with Crippen molar-refractivity contribution in [2.45, 2.75) is 103 Å². The van der Waals surface area contributed by atoms with Crippen molar-refractivity contribution in [2.24, 2.45) is 0 Å². The maximum Gasteiger partial charge on any atom is 0.0701 e. The number of ether oxygens (including phenoxy) is 5. The van der Waals surface area contributed by atoms with E-state index in [9.17, 15) is 0 Å². The van der Waals surface area contributed by atoms with Crippen molar-refractivity contribution in [3.05, 3.63) is 0 Å². The number of rotatable bonds is 30. The van der Waals surface area contributed by atoms with E-state index < -0.39 is 0 Å². The lowest BCUT2D eigenvalue weighted by molar-refractivity contribution is -0.0134. The lowest BCUT2D eigenvalue weighted by Gasteiger charge is -2.08. The van der Waals surface area contributed by atoms with E-state index in [1.165, 1.54) is 89.9 Å². The monoisotopic (exact) mass is 476 g/mol. The molecule has 0 heterocycles. The fourth-order valence-electron chi connectivity index (χ4n) is 3.62. The number of hydrogen-bond acceptors (Lipinski definition) is 6. The van der Waals surface area contributed by atoms with Gasteiger partial charge < -0.3 is 28.8 Å². The van der Waals surface area contributed by atoms with Gasteiger partial charge >= 0.3 is 0 Å². The summed E-state index contributed by atoms with van der Waals surface area (Å²) in [6.07, 6.45) is 20.8. The van der Waals surface area contributed by atoms with Crippen LogP contribution in [0.25, 0.3) is 0 Å². The molecule has 0 fully saturated rings. The maximum atomic E-state index is 8.56. The van der Waals surface area contributed by atoms with Gasteiger partial charge in [-0.25, -0.2) is 0 Å². The molecule has 6 nitrogen and oxygen atoms in total. The van der Waals surface area contributed by atoms with Gasteiger partial charge in [-0.3, -0.25) is 0 Å². The topological polar surface area (TPSA) is 66.4 Å². The summed E-state index contributed by atoms with van der Waals surface area (Å²) < 4.78 is 27.0. The first-order valence-corrected chi connectivity index (χ1v) is 13.9. The molecule has 0 saturated carbocycles. The SMILES string of the molecule is CCCCCCCCCCCCCCCCCOCCOCCOCCOCCOCCO. The van der Waals surface area contributed by atoms with Gasteiger partial charge in [0.05, 0.1) is 66.1 Å². The molecular weight excluding hydrogens is 420 g/mol. The molecule has 0 radical (unpaired) electrons. The Labute approximate surface area is 205 Å². The molecule has 0 aromatic heterocycles. The van der Waals surface area contributed by atoms with E-state index in [2.05, 4.69) is 6.92 Å². The highest BCUT2D eigenvalue weighted by Gasteiger charge is 1.96. The van der Waals surface area contributed by atoms with Crippen LogP contribution in [0.5, 0.6) is 0 Å². The van der Waals surface area contributed by atoms with Crippen molar-refractivity contribution in [3.8, 4) is 0 Å². The van der Waals surface area contributed by atoms with Crippen molar-refractivity contribution in [2.75, 3.05) is 72.7 Å². The summed E-state index contributed by atoms with van der Waals surface area (Å²) in [7, 11) is 0. The van der Waals surface area contributed by atoms with E-state index in [4.69, 9.17) is 28.8 Å². The van der Waals surface area contributed by atoms with Gasteiger partial charge in [-0.2, -0.15) is 0 Å². The zero-order chi connectivity index (χ0) is 23.9. The third-order valence-corrected chi connectivity index (χ3v) is 5.62. The summed E-state index contributed by atoms with van der Waals surface area (Å²) in [5.74, 6) is 0. The highest BCUT2D eigenvalue weighted by Crippen LogP contribution is 2.13.